The smallest absolute Gasteiger partial charge is 0.164 e. The highest BCUT2D eigenvalue weighted by atomic mass is 16.5. The Hall–Kier alpha value is -2.29. The number of benzene rings is 2. The Kier molecular flexibility index (Phi) is 4.99. The average Bonchev–Trinajstić information content (AvgIpc) is 2.51. The van der Waals surface area contributed by atoms with Crippen molar-refractivity contribution in [3.05, 3.63) is 59.2 Å². The summed E-state index contributed by atoms with van der Waals surface area (Å²) in [6.07, 6.45) is 0.471. The van der Waals surface area contributed by atoms with Crippen molar-refractivity contribution in [2.75, 3.05) is 19.0 Å². The highest BCUT2D eigenvalue weighted by Gasteiger charge is 2.05. The standard InChI is InChI=1S/C18H21NO2/c1-13-4-7-16(12-14(13)2)19-11-10-18(20)15-5-8-17(21-3)9-6-15/h4-9,12,19H,10-11H2,1-3H3. The van der Waals surface area contributed by atoms with E-state index in [1.807, 2.05) is 18.2 Å². The number of aryl methyl sites for hydroxylation is 2. The summed E-state index contributed by atoms with van der Waals surface area (Å²) in [5.74, 6) is 0.897. The Morgan fingerprint density at radius 3 is 2.38 bits per heavy atom. The third kappa shape index (κ3) is 4.09. The number of carbonyl (C=O) groups excluding carboxylic acids is 1. The van der Waals surface area contributed by atoms with Crippen molar-refractivity contribution in [1.82, 2.24) is 0 Å². The number of methoxy groups -OCH3 is 1. The summed E-state index contributed by atoms with van der Waals surface area (Å²) in [6.45, 7) is 4.81. The van der Waals surface area contributed by atoms with E-state index >= 15 is 0 Å². The Morgan fingerprint density at radius 1 is 1.05 bits per heavy atom. The first-order chi connectivity index (χ1) is 10.1. The summed E-state index contributed by atoms with van der Waals surface area (Å²) in [5.41, 5.74) is 4.30. The van der Waals surface area contributed by atoms with Gasteiger partial charge in [0.05, 0.1) is 7.11 Å². The predicted molar refractivity (Wildman–Crippen MR) is 86.3 cm³/mol. The molecule has 0 aromatic heterocycles. The summed E-state index contributed by atoms with van der Waals surface area (Å²) in [4.78, 5) is 12.1. The fourth-order valence-electron chi connectivity index (χ4n) is 2.09. The van der Waals surface area contributed by atoms with E-state index in [0.717, 1.165) is 17.0 Å². The van der Waals surface area contributed by atoms with Crippen molar-refractivity contribution >= 4 is 11.5 Å². The molecule has 0 atom stereocenters. The van der Waals surface area contributed by atoms with E-state index in [-0.39, 0.29) is 5.78 Å². The van der Waals surface area contributed by atoms with E-state index in [9.17, 15) is 4.79 Å². The lowest BCUT2D eigenvalue weighted by atomic mass is 10.1. The fourth-order valence-corrected chi connectivity index (χ4v) is 2.09. The third-order valence-electron chi connectivity index (χ3n) is 3.60. The first kappa shape index (κ1) is 15.1. The van der Waals surface area contributed by atoms with Crippen molar-refractivity contribution in [2.45, 2.75) is 20.3 Å². The largest absolute Gasteiger partial charge is 0.497 e. The number of Topliss-reactive ketones (excluding diaryl/α,β-unsaturated/α-hetero) is 1. The molecule has 1 N–H and O–H groups in total. The lowest BCUT2D eigenvalue weighted by molar-refractivity contribution is 0.0986. The lowest BCUT2D eigenvalue weighted by Crippen LogP contribution is -2.09. The molecular weight excluding hydrogens is 262 g/mol. The molecule has 0 saturated heterocycles. The molecule has 0 unspecified atom stereocenters. The van der Waals surface area contributed by atoms with Crippen molar-refractivity contribution in [3.8, 4) is 5.75 Å². The summed E-state index contributed by atoms with van der Waals surface area (Å²) in [7, 11) is 1.62. The van der Waals surface area contributed by atoms with Crippen LogP contribution in [0.5, 0.6) is 5.75 Å². The molecule has 0 aliphatic carbocycles. The van der Waals surface area contributed by atoms with E-state index in [4.69, 9.17) is 4.74 Å². The maximum Gasteiger partial charge on any atom is 0.164 e. The molecule has 0 radical (unpaired) electrons. The number of nitrogens with one attached hydrogen (secondary N) is 1. The lowest BCUT2D eigenvalue weighted by Gasteiger charge is -2.08. The average molecular weight is 283 g/mol. The summed E-state index contributed by atoms with van der Waals surface area (Å²) < 4.78 is 5.09. The van der Waals surface area contributed by atoms with Gasteiger partial charge in [-0.2, -0.15) is 0 Å². The normalized spacial score (nSPS) is 10.2. The first-order valence-corrected chi connectivity index (χ1v) is 7.08. The SMILES string of the molecule is COc1ccc(C(=O)CCNc2ccc(C)c(C)c2)cc1. The number of hydrogen-bond donors (Lipinski definition) is 1. The Balaban J connectivity index is 1.87. The molecule has 0 aliphatic heterocycles. The van der Waals surface area contributed by atoms with Gasteiger partial charge in [-0.25, -0.2) is 0 Å². The number of ether oxygens (including phenoxy) is 1. The van der Waals surface area contributed by atoms with Crippen LogP contribution in [0.4, 0.5) is 5.69 Å². The van der Waals surface area contributed by atoms with Crippen LogP contribution in [0.25, 0.3) is 0 Å². The minimum Gasteiger partial charge on any atom is -0.497 e. The predicted octanol–water partition coefficient (Wildman–Crippen LogP) is 4.00. The number of anilines is 1. The molecule has 0 saturated carbocycles. The van der Waals surface area contributed by atoms with Gasteiger partial charge in [0.25, 0.3) is 0 Å². The number of carbonyl (C=O) groups is 1. The summed E-state index contributed by atoms with van der Waals surface area (Å²) >= 11 is 0. The second kappa shape index (κ2) is 6.93. The molecular formula is C18H21NO2. The van der Waals surface area contributed by atoms with Crippen LogP contribution < -0.4 is 10.1 Å². The molecule has 0 bridgehead atoms. The maximum atomic E-state index is 12.1. The maximum absolute atomic E-state index is 12.1. The van der Waals surface area contributed by atoms with Crippen LogP contribution >= 0.6 is 0 Å². The van der Waals surface area contributed by atoms with Crippen LogP contribution in [-0.2, 0) is 0 Å². The van der Waals surface area contributed by atoms with Gasteiger partial charge in [0.2, 0.25) is 0 Å². The number of ketones is 1. The molecule has 0 amide bonds. The van der Waals surface area contributed by atoms with Gasteiger partial charge >= 0.3 is 0 Å². The van der Waals surface area contributed by atoms with Crippen LogP contribution in [0.1, 0.15) is 27.9 Å². The van der Waals surface area contributed by atoms with Crippen molar-refractivity contribution in [1.29, 1.82) is 0 Å². The quantitative estimate of drug-likeness (QED) is 0.814. The van der Waals surface area contributed by atoms with Gasteiger partial charge in [-0.1, -0.05) is 6.07 Å². The van der Waals surface area contributed by atoms with Gasteiger partial charge in [-0.05, 0) is 61.4 Å². The minimum absolute atomic E-state index is 0.133. The van der Waals surface area contributed by atoms with Gasteiger partial charge in [0.15, 0.2) is 5.78 Å². The van der Waals surface area contributed by atoms with Crippen LogP contribution in [0, 0.1) is 13.8 Å². The van der Waals surface area contributed by atoms with Crippen molar-refractivity contribution in [3.63, 3.8) is 0 Å². The molecule has 3 nitrogen and oxygen atoms in total. The zero-order valence-corrected chi connectivity index (χ0v) is 12.8. The second-order valence-electron chi connectivity index (χ2n) is 5.13. The minimum atomic E-state index is 0.133. The first-order valence-electron chi connectivity index (χ1n) is 7.08. The van der Waals surface area contributed by atoms with Gasteiger partial charge in [0.1, 0.15) is 5.75 Å². The molecule has 3 heteroatoms. The van der Waals surface area contributed by atoms with Crippen LogP contribution in [0.2, 0.25) is 0 Å². The highest BCUT2D eigenvalue weighted by Crippen LogP contribution is 2.15. The molecule has 0 fully saturated rings. The molecule has 110 valence electrons. The van der Waals surface area contributed by atoms with Crippen molar-refractivity contribution in [2.24, 2.45) is 0 Å². The molecule has 0 aliphatic rings. The van der Waals surface area contributed by atoms with Gasteiger partial charge in [-0.15, -0.1) is 0 Å². The van der Waals surface area contributed by atoms with E-state index in [0.29, 0.717) is 13.0 Å². The van der Waals surface area contributed by atoms with Crippen LogP contribution in [0.3, 0.4) is 0 Å². The number of hydrogen-bond acceptors (Lipinski definition) is 3. The Bertz CT molecular complexity index is 618. The molecule has 21 heavy (non-hydrogen) atoms. The van der Waals surface area contributed by atoms with E-state index in [1.165, 1.54) is 11.1 Å². The summed E-state index contributed by atoms with van der Waals surface area (Å²) in [5, 5.41) is 3.29. The fraction of sp³-hybridized carbons (Fsp3) is 0.278. The van der Waals surface area contributed by atoms with E-state index < -0.39 is 0 Å². The van der Waals surface area contributed by atoms with E-state index in [1.54, 1.807) is 19.2 Å². The Labute approximate surface area is 126 Å². The molecule has 0 spiro atoms. The highest BCUT2D eigenvalue weighted by molar-refractivity contribution is 5.96. The second-order valence-corrected chi connectivity index (χ2v) is 5.13. The molecule has 2 aromatic rings. The molecule has 2 rings (SSSR count). The molecule has 0 heterocycles. The Morgan fingerprint density at radius 2 is 1.76 bits per heavy atom. The zero-order valence-electron chi connectivity index (χ0n) is 12.8. The summed E-state index contributed by atoms with van der Waals surface area (Å²) in [6, 6.07) is 13.5. The van der Waals surface area contributed by atoms with E-state index in [2.05, 4.69) is 31.3 Å². The monoisotopic (exact) mass is 283 g/mol. The third-order valence-corrected chi connectivity index (χ3v) is 3.60. The van der Waals surface area contributed by atoms with Crippen LogP contribution in [0.15, 0.2) is 42.5 Å². The topological polar surface area (TPSA) is 38.3 Å². The zero-order chi connectivity index (χ0) is 15.2. The van der Waals surface area contributed by atoms with Gasteiger partial charge in [0, 0.05) is 24.2 Å². The van der Waals surface area contributed by atoms with Gasteiger partial charge < -0.3 is 10.1 Å². The molecule has 2 aromatic carbocycles. The van der Waals surface area contributed by atoms with Gasteiger partial charge in [-0.3, -0.25) is 4.79 Å². The number of rotatable bonds is 6. The van der Waals surface area contributed by atoms with Crippen molar-refractivity contribution < 1.29 is 9.53 Å². The van der Waals surface area contributed by atoms with Crippen LogP contribution in [-0.4, -0.2) is 19.4 Å².